The van der Waals surface area contributed by atoms with Crippen LogP contribution >= 0.6 is 23.2 Å². The molecule has 0 saturated carbocycles. The van der Waals surface area contributed by atoms with Gasteiger partial charge in [0.05, 0.1) is 35.5 Å². The normalized spacial score (nSPS) is 19.4. The van der Waals surface area contributed by atoms with E-state index < -0.39 is 76.6 Å². The average molecular weight is 818 g/mol. The SMILES string of the molecule is COc1cc(C(=O)OCCOC(=O)CNC(=O)OC(C)(C)C)ccc1NC(=O)[C@@H]1N[C@@H](CC(C)(C)C)[C@](C#N)(c2ccc(Cl)cc2F)[C@H]1c1cccc(Cl)c1F. The number of rotatable bonds is 12. The van der Waals surface area contributed by atoms with Gasteiger partial charge in [0.2, 0.25) is 5.91 Å². The van der Waals surface area contributed by atoms with Gasteiger partial charge in [-0.3, -0.25) is 9.59 Å². The third kappa shape index (κ3) is 10.5. The van der Waals surface area contributed by atoms with Crippen LogP contribution in [0.4, 0.5) is 19.3 Å². The van der Waals surface area contributed by atoms with Crippen LogP contribution in [0.2, 0.25) is 10.0 Å². The molecule has 0 radical (unpaired) electrons. The van der Waals surface area contributed by atoms with E-state index in [1.807, 2.05) is 20.8 Å². The highest BCUT2D eigenvalue weighted by molar-refractivity contribution is 6.31. The van der Waals surface area contributed by atoms with Crippen molar-refractivity contribution in [1.82, 2.24) is 10.6 Å². The van der Waals surface area contributed by atoms with Crippen LogP contribution in [0.1, 0.15) is 75.4 Å². The van der Waals surface area contributed by atoms with E-state index in [-0.39, 0.29) is 57.8 Å². The van der Waals surface area contributed by atoms with Gasteiger partial charge in [-0.25, -0.2) is 18.4 Å². The van der Waals surface area contributed by atoms with Crippen molar-refractivity contribution in [3.63, 3.8) is 0 Å². The first kappa shape index (κ1) is 43.8. The van der Waals surface area contributed by atoms with Crippen LogP contribution in [0.15, 0.2) is 54.6 Å². The van der Waals surface area contributed by atoms with E-state index >= 15 is 8.78 Å². The molecule has 12 nitrogen and oxygen atoms in total. The lowest BCUT2D eigenvalue weighted by Crippen LogP contribution is -2.45. The van der Waals surface area contributed by atoms with Crippen molar-refractivity contribution in [2.45, 2.75) is 77.0 Å². The summed E-state index contributed by atoms with van der Waals surface area (Å²) in [7, 11) is 1.31. The van der Waals surface area contributed by atoms with Gasteiger partial charge in [0, 0.05) is 22.5 Å². The molecule has 1 heterocycles. The lowest BCUT2D eigenvalue weighted by atomic mass is 9.62. The first-order valence-corrected chi connectivity index (χ1v) is 18.3. The third-order valence-electron chi connectivity index (χ3n) is 8.78. The molecule has 3 N–H and O–H groups in total. The summed E-state index contributed by atoms with van der Waals surface area (Å²) in [4.78, 5) is 50.9. The van der Waals surface area contributed by atoms with Gasteiger partial charge in [-0.1, -0.05) is 62.2 Å². The predicted molar refractivity (Wildman–Crippen MR) is 205 cm³/mol. The number of alkyl carbamates (subject to hydrolysis) is 1. The molecule has 1 fully saturated rings. The molecule has 0 aromatic heterocycles. The van der Waals surface area contributed by atoms with E-state index in [4.69, 9.17) is 42.1 Å². The Morgan fingerprint density at radius 3 is 2.29 bits per heavy atom. The first-order valence-electron chi connectivity index (χ1n) is 17.6. The molecule has 1 aliphatic heterocycles. The fourth-order valence-electron chi connectivity index (χ4n) is 6.57. The molecule has 56 heavy (non-hydrogen) atoms. The number of carbonyl (C=O) groups excluding carboxylic acids is 4. The lowest BCUT2D eigenvalue weighted by molar-refractivity contribution is -0.143. The van der Waals surface area contributed by atoms with Gasteiger partial charge in [0.15, 0.2) is 0 Å². The maximum atomic E-state index is 16.0. The summed E-state index contributed by atoms with van der Waals surface area (Å²) >= 11 is 12.3. The van der Waals surface area contributed by atoms with Gasteiger partial charge in [0.25, 0.3) is 0 Å². The molecule has 3 aromatic rings. The molecule has 2 amide bonds. The molecule has 1 aliphatic rings. The minimum Gasteiger partial charge on any atom is -0.495 e. The number of benzene rings is 3. The zero-order valence-electron chi connectivity index (χ0n) is 32.0. The van der Waals surface area contributed by atoms with Crippen LogP contribution in [0, 0.1) is 28.4 Å². The highest BCUT2D eigenvalue weighted by atomic mass is 35.5. The van der Waals surface area contributed by atoms with Gasteiger partial charge < -0.3 is 34.9 Å². The molecule has 0 bridgehead atoms. The van der Waals surface area contributed by atoms with Crippen LogP contribution in [-0.4, -0.2) is 68.5 Å². The monoisotopic (exact) mass is 816 g/mol. The summed E-state index contributed by atoms with van der Waals surface area (Å²) < 4.78 is 52.7. The topological polar surface area (TPSA) is 165 Å². The summed E-state index contributed by atoms with van der Waals surface area (Å²) in [6, 6.07) is 12.3. The van der Waals surface area contributed by atoms with Gasteiger partial charge in [-0.15, -0.1) is 0 Å². The van der Waals surface area contributed by atoms with Crippen molar-refractivity contribution >= 4 is 52.8 Å². The quantitative estimate of drug-likeness (QED) is 0.0949. The molecule has 0 spiro atoms. The Morgan fingerprint density at radius 1 is 0.964 bits per heavy atom. The number of anilines is 1. The summed E-state index contributed by atoms with van der Waals surface area (Å²) in [6.07, 6.45) is -0.523. The zero-order valence-corrected chi connectivity index (χ0v) is 33.5. The second-order valence-corrected chi connectivity index (χ2v) is 16.1. The summed E-state index contributed by atoms with van der Waals surface area (Å²) in [5.74, 6) is -5.21. The van der Waals surface area contributed by atoms with E-state index in [9.17, 15) is 24.4 Å². The molecule has 4 atom stereocenters. The minimum atomic E-state index is -1.84. The van der Waals surface area contributed by atoms with Crippen LogP contribution in [0.3, 0.4) is 0 Å². The number of hydrogen-bond acceptors (Lipinski definition) is 10. The number of methoxy groups -OCH3 is 1. The Balaban J connectivity index is 1.58. The number of hydrogen-bond donors (Lipinski definition) is 3. The van der Waals surface area contributed by atoms with E-state index in [2.05, 4.69) is 22.0 Å². The maximum absolute atomic E-state index is 16.0. The van der Waals surface area contributed by atoms with E-state index in [0.717, 1.165) is 6.07 Å². The van der Waals surface area contributed by atoms with Crippen LogP contribution < -0.4 is 20.7 Å². The second-order valence-electron chi connectivity index (χ2n) is 15.3. The minimum absolute atomic E-state index is 0.0302. The van der Waals surface area contributed by atoms with Crippen LogP contribution in [-0.2, 0) is 29.2 Å². The van der Waals surface area contributed by atoms with E-state index in [0.29, 0.717) is 0 Å². The third-order valence-corrected chi connectivity index (χ3v) is 9.31. The van der Waals surface area contributed by atoms with E-state index in [1.165, 1.54) is 55.6 Å². The second kappa shape index (κ2) is 17.9. The number of amides is 2. The van der Waals surface area contributed by atoms with Gasteiger partial charge >= 0.3 is 18.0 Å². The standard InChI is InChI=1S/C40H44Cl2F2N4O8/c1-38(2,3)19-30-40(21-45,25-13-12-23(41)18-27(25)43)32(24-9-8-10-26(42)33(24)44)34(48-30)35(50)47-28-14-11-22(17-29(28)53-7)36(51)55-16-15-54-31(49)20-46-37(52)56-39(4,5)6/h8-14,17-18,30,32,34,48H,15-16,19-20H2,1-7H3,(H,46,52)(H,47,50)/t30-,32-,34+,40-/m0/s1. The number of halogens is 4. The molecule has 3 aromatic carbocycles. The largest absolute Gasteiger partial charge is 0.495 e. The van der Waals surface area contributed by atoms with Crippen molar-refractivity contribution in [2.75, 3.05) is 32.2 Å². The number of esters is 2. The Labute approximate surface area is 334 Å². The number of carbonyl (C=O) groups is 4. The molecular formula is C40H44Cl2F2N4O8. The van der Waals surface area contributed by atoms with Crippen LogP contribution in [0.5, 0.6) is 5.75 Å². The Bertz CT molecular complexity index is 2010. The summed E-state index contributed by atoms with van der Waals surface area (Å²) in [5.41, 5.74) is -3.03. The zero-order chi connectivity index (χ0) is 41.6. The fraction of sp³-hybridized carbons (Fsp3) is 0.425. The lowest BCUT2D eigenvalue weighted by Gasteiger charge is -2.37. The highest BCUT2D eigenvalue weighted by Gasteiger charge is 2.61. The molecular weight excluding hydrogens is 773 g/mol. The molecule has 0 aliphatic carbocycles. The molecule has 4 rings (SSSR count). The van der Waals surface area contributed by atoms with Crippen molar-refractivity contribution in [3.05, 3.63) is 93.0 Å². The number of ether oxygens (including phenoxy) is 4. The number of nitrogens with zero attached hydrogens (tertiary/aromatic N) is 1. The Kier molecular flexibility index (Phi) is 14.0. The average Bonchev–Trinajstić information content (AvgIpc) is 3.42. The first-order chi connectivity index (χ1) is 26.2. The van der Waals surface area contributed by atoms with Crippen molar-refractivity contribution < 1.29 is 46.9 Å². The maximum Gasteiger partial charge on any atom is 0.408 e. The van der Waals surface area contributed by atoms with Crippen molar-refractivity contribution in [2.24, 2.45) is 5.41 Å². The van der Waals surface area contributed by atoms with Gasteiger partial charge in [-0.2, -0.15) is 5.26 Å². The summed E-state index contributed by atoms with van der Waals surface area (Å²) in [6.45, 7) is 9.73. The molecule has 0 unspecified atom stereocenters. The molecule has 1 saturated heterocycles. The number of nitrogens with one attached hydrogen (secondary N) is 3. The van der Waals surface area contributed by atoms with Gasteiger partial charge in [-0.05, 0) is 74.6 Å². The van der Waals surface area contributed by atoms with Crippen molar-refractivity contribution in [3.8, 4) is 11.8 Å². The highest BCUT2D eigenvalue weighted by Crippen LogP contribution is 2.53. The Morgan fingerprint density at radius 2 is 1.66 bits per heavy atom. The number of nitriles is 1. The predicted octanol–water partition coefficient (Wildman–Crippen LogP) is 7.47. The van der Waals surface area contributed by atoms with E-state index in [1.54, 1.807) is 20.8 Å². The molecule has 300 valence electrons. The van der Waals surface area contributed by atoms with Crippen LogP contribution in [0.25, 0.3) is 0 Å². The smallest absolute Gasteiger partial charge is 0.408 e. The van der Waals surface area contributed by atoms with Gasteiger partial charge in [0.1, 0.15) is 48.2 Å². The van der Waals surface area contributed by atoms with Crippen molar-refractivity contribution in [1.29, 1.82) is 5.26 Å². The Hall–Kier alpha value is -4.97. The fourth-order valence-corrected chi connectivity index (χ4v) is 6.91. The summed E-state index contributed by atoms with van der Waals surface area (Å²) in [5, 5.41) is 19.2. The molecule has 16 heteroatoms.